The minimum atomic E-state index is -1.12. The molecule has 0 aliphatic heterocycles. The quantitative estimate of drug-likeness (QED) is 0.678. The largest absolute Gasteiger partial charge is 0.497 e. The Hall–Kier alpha value is -3.67. The number of methoxy groups -OCH3 is 1. The molecule has 6 nitrogen and oxygen atoms in total. The zero-order valence-electron chi connectivity index (χ0n) is 14.7. The fourth-order valence-corrected chi connectivity index (χ4v) is 2.46. The van der Waals surface area contributed by atoms with Crippen LogP contribution in [-0.4, -0.2) is 24.0 Å². The Labute approximate surface area is 156 Å². The van der Waals surface area contributed by atoms with E-state index < -0.39 is 18.0 Å². The summed E-state index contributed by atoms with van der Waals surface area (Å²) in [6, 6.07) is 20.7. The molecule has 0 fully saturated rings. The highest BCUT2D eigenvalue weighted by Gasteiger charge is 2.26. The summed E-state index contributed by atoms with van der Waals surface area (Å²) in [6.07, 6.45) is 0.372. The molecular formula is C21H18N2O4. The minimum absolute atomic E-state index is 0.132. The van der Waals surface area contributed by atoms with E-state index in [0.717, 1.165) is 0 Å². The maximum absolute atomic E-state index is 12.8. The van der Waals surface area contributed by atoms with Gasteiger partial charge in [-0.1, -0.05) is 42.5 Å². The third-order valence-corrected chi connectivity index (χ3v) is 3.78. The number of esters is 1. The van der Waals surface area contributed by atoms with Crippen LogP contribution in [0.3, 0.4) is 0 Å². The number of anilines is 1. The van der Waals surface area contributed by atoms with Crippen molar-refractivity contribution in [1.82, 2.24) is 4.98 Å². The molecule has 2 aromatic carbocycles. The summed E-state index contributed by atoms with van der Waals surface area (Å²) in [5, 5.41) is 2.76. The van der Waals surface area contributed by atoms with Gasteiger partial charge < -0.3 is 14.8 Å². The second-order valence-electron chi connectivity index (χ2n) is 5.63. The average Bonchev–Trinajstić information content (AvgIpc) is 2.73. The zero-order valence-corrected chi connectivity index (χ0v) is 14.7. The molecular weight excluding hydrogens is 344 g/mol. The van der Waals surface area contributed by atoms with Crippen LogP contribution in [0.1, 0.15) is 22.2 Å². The maximum Gasteiger partial charge on any atom is 0.358 e. The molecule has 0 radical (unpaired) electrons. The molecule has 1 aromatic heterocycles. The molecule has 0 saturated heterocycles. The molecule has 1 heterocycles. The summed E-state index contributed by atoms with van der Waals surface area (Å²) in [7, 11) is 1.54. The third-order valence-electron chi connectivity index (χ3n) is 3.78. The van der Waals surface area contributed by atoms with Gasteiger partial charge in [-0.2, -0.15) is 0 Å². The first-order chi connectivity index (χ1) is 13.2. The molecule has 0 unspecified atom stereocenters. The van der Waals surface area contributed by atoms with Crippen molar-refractivity contribution in [2.75, 3.05) is 12.4 Å². The third kappa shape index (κ3) is 4.70. The summed E-state index contributed by atoms with van der Waals surface area (Å²) in [6.45, 7) is 0. The Kier molecular flexibility index (Phi) is 5.79. The van der Waals surface area contributed by atoms with Crippen LogP contribution >= 0.6 is 0 Å². The van der Waals surface area contributed by atoms with E-state index in [0.29, 0.717) is 17.0 Å². The van der Waals surface area contributed by atoms with Crippen LogP contribution in [-0.2, 0) is 9.53 Å². The number of rotatable bonds is 6. The van der Waals surface area contributed by atoms with Gasteiger partial charge >= 0.3 is 5.97 Å². The van der Waals surface area contributed by atoms with E-state index in [1.807, 2.05) is 6.07 Å². The van der Waals surface area contributed by atoms with E-state index in [-0.39, 0.29) is 5.69 Å². The Morgan fingerprint density at radius 1 is 0.963 bits per heavy atom. The van der Waals surface area contributed by atoms with Crippen molar-refractivity contribution in [1.29, 1.82) is 0 Å². The van der Waals surface area contributed by atoms with Crippen LogP contribution in [0.2, 0.25) is 0 Å². The Morgan fingerprint density at radius 3 is 2.44 bits per heavy atom. The number of pyridine rings is 1. The lowest BCUT2D eigenvalue weighted by Crippen LogP contribution is -2.26. The first-order valence-electron chi connectivity index (χ1n) is 8.29. The highest BCUT2D eigenvalue weighted by Crippen LogP contribution is 2.23. The highest BCUT2D eigenvalue weighted by molar-refractivity contribution is 5.97. The lowest BCUT2D eigenvalue weighted by molar-refractivity contribution is -0.125. The van der Waals surface area contributed by atoms with E-state index in [4.69, 9.17) is 9.47 Å². The minimum Gasteiger partial charge on any atom is -0.497 e. The molecule has 0 spiro atoms. The fourth-order valence-electron chi connectivity index (χ4n) is 2.46. The molecule has 136 valence electrons. The highest BCUT2D eigenvalue weighted by atomic mass is 16.5. The number of nitrogens with zero attached hydrogens (tertiary/aromatic N) is 1. The number of amides is 1. The molecule has 3 aromatic rings. The summed E-state index contributed by atoms with van der Waals surface area (Å²) in [5.41, 5.74) is 1.23. The zero-order chi connectivity index (χ0) is 19.1. The number of aromatic nitrogens is 1. The summed E-state index contributed by atoms with van der Waals surface area (Å²) >= 11 is 0. The average molecular weight is 362 g/mol. The van der Waals surface area contributed by atoms with Crippen molar-refractivity contribution in [2.45, 2.75) is 6.10 Å². The van der Waals surface area contributed by atoms with Crippen LogP contribution in [0, 0.1) is 0 Å². The Morgan fingerprint density at radius 2 is 1.74 bits per heavy atom. The van der Waals surface area contributed by atoms with Crippen LogP contribution in [0.5, 0.6) is 5.75 Å². The van der Waals surface area contributed by atoms with Crippen LogP contribution < -0.4 is 10.1 Å². The van der Waals surface area contributed by atoms with Gasteiger partial charge in [0, 0.05) is 23.5 Å². The summed E-state index contributed by atoms with van der Waals surface area (Å²) in [4.78, 5) is 29.2. The predicted octanol–water partition coefficient (Wildman–Crippen LogP) is 3.63. The van der Waals surface area contributed by atoms with Gasteiger partial charge in [-0.3, -0.25) is 4.79 Å². The maximum atomic E-state index is 12.8. The van der Waals surface area contributed by atoms with Gasteiger partial charge in [0.05, 0.1) is 7.11 Å². The van der Waals surface area contributed by atoms with Gasteiger partial charge in [0.15, 0.2) is 0 Å². The standard InChI is InChI=1S/C21H18N2O4/c1-26-17-11-7-10-16(14-17)23-20(24)19(15-8-3-2-4-9-15)27-21(25)18-12-5-6-13-22-18/h2-14,19H,1H3,(H,23,24)/t19-/m1/s1. The van der Waals surface area contributed by atoms with Crippen molar-refractivity contribution in [3.8, 4) is 5.75 Å². The van der Waals surface area contributed by atoms with Crippen molar-refractivity contribution in [3.05, 3.63) is 90.3 Å². The second-order valence-corrected chi connectivity index (χ2v) is 5.63. The molecule has 0 aliphatic rings. The number of carbonyl (C=O) groups excluding carboxylic acids is 2. The molecule has 0 saturated carbocycles. The molecule has 0 bridgehead atoms. The van der Waals surface area contributed by atoms with Gasteiger partial charge in [0.2, 0.25) is 6.10 Å². The molecule has 27 heavy (non-hydrogen) atoms. The number of benzene rings is 2. The van der Waals surface area contributed by atoms with E-state index in [1.54, 1.807) is 67.8 Å². The van der Waals surface area contributed by atoms with E-state index >= 15 is 0 Å². The molecule has 6 heteroatoms. The number of hydrogen-bond acceptors (Lipinski definition) is 5. The predicted molar refractivity (Wildman–Crippen MR) is 100 cm³/mol. The lowest BCUT2D eigenvalue weighted by atomic mass is 10.1. The number of ether oxygens (including phenoxy) is 2. The molecule has 1 N–H and O–H groups in total. The van der Waals surface area contributed by atoms with Gasteiger partial charge in [0.1, 0.15) is 11.4 Å². The summed E-state index contributed by atoms with van der Waals surface area (Å²) < 4.78 is 10.6. The first-order valence-corrected chi connectivity index (χ1v) is 8.29. The molecule has 3 rings (SSSR count). The Bertz CT molecular complexity index is 914. The number of hydrogen-bond donors (Lipinski definition) is 1. The van der Waals surface area contributed by atoms with Gasteiger partial charge in [-0.15, -0.1) is 0 Å². The van der Waals surface area contributed by atoms with Crippen molar-refractivity contribution < 1.29 is 19.1 Å². The van der Waals surface area contributed by atoms with Crippen LogP contribution in [0.25, 0.3) is 0 Å². The first kappa shape index (κ1) is 18.1. The lowest BCUT2D eigenvalue weighted by Gasteiger charge is -2.18. The molecule has 1 amide bonds. The Balaban J connectivity index is 1.83. The molecule has 0 aliphatic carbocycles. The summed E-state index contributed by atoms with van der Waals surface area (Å²) in [5.74, 6) is -0.543. The normalized spacial score (nSPS) is 11.3. The van der Waals surface area contributed by atoms with Crippen LogP contribution in [0.4, 0.5) is 5.69 Å². The van der Waals surface area contributed by atoms with Crippen molar-refractivity contribution in [2.24, 2.45) is 0 Å². The van der Waals surface area contributed by atoms with Gasteiger partial charge in [-0.05, 0) is 24.3 Å². The fraction of sp³-hybridized carbons (Fsp3) is 0.0952. The van der Waals surface area contributed by atoms with Crippen LogP contribution in [0.15, 0.2) is 79.0 Å². The van der Waals surface area contributed by atoms with Gasteiger partial charge in [-0.25, -0.2) is 9.78 Å². The second kappa shape index (κ2) is 8.62. The SMILES string of the molecule is COc1cccc(NC(=O)[C@H](OC(=O)c2ccccn2)c2ccccc2)c1. The van der Waals surface area contributed by atoms with E-state index in [2.05, 4.69) is 10.3 Å². The smallest absolute Gasteiger partial charge is 0.358 e. The molecule has 1 atom stereocenters. The number of carbonyl (C=O) groups is 2. The number of nitrogens with one attached hydrogen (secondary N) is 1. The van der Waals surface area contributed by atoms with Crippen molar-refractivity contribution in [3.63, 3.8) is 0 Å². The monoisotopic (exact) mass is 362 g/mol. The van der Waals surface area contributed by atoms with E-state index in [9.17, 15) is 9.59 Å². The van der Waals surface area contributed by atoms with Crippen molar-refractivity contribution >= 4 is 17.6 Å². The van der Waals surface area contributed by atoms with Gasteiger partial charge in [0.25, 0.3) is 5.91 Å². The topological polar surface area (TPSA) is 77.5 Å². The van der Waals surface area contributed by atoms with E-state index in [1.165, 1.54) is 12.3 Å².